The Morgan fingerprint density at radius 1 is 1.14 bits per heavy atom. The Balaban J connectivity index is -0.0000000733. The number of rotatable bonds is 5. The molecule has 14 heavy (non-hydrogen) atoms. The molecule has 0 atom stereocenters. The van der Waals surface area contributed by atoms with E-state index in [2.05, 4.69) is 10.7 Å². The van der Waals surface area contributed by atoms with Crippen molar-refractivity contribution >= 4 is 8.25 Å². The molecule has 74 valence electrons. The third-order valence-electron chi connectivity index (χ3n) is 0.767. The summed E-state index contributed by atoms with van der Waals surface area (Å²) in [5, 5.41) is 3.07. The first kappa shape index (κ1) is 24.9. The summed E-state index contributed by atoms with van der Waals surface area (Å²) < 4.78 is 8.48. The molecule has 0 amide bonds. The molecule has 0 saturated carbocycles. The van der Waals surface area contributed by atoms with E-state index in [1.807, 2.05) is 0 Å². The molecule has 0 fully saturated rings. The van der Waals surface area contributed by atoms with Gasteiger partial charge >= 0.3 is 59.1 Å². The fourth-order valence-electron chi connectivity index (χ4n) is 0.388. The van der Waals surface area contributed by atoms with Gasteiger partial charge in [0.15, 0.2) is 0 Å². The molecule has 0 heterocycles. The second kappa shape index (κ2) is 24.2. The Morgan fingerprint density at radius 2 is 1.57 bits per heavy atom. The summed E-state index contributed by atoms with van der Waals surface area (Å²) in [6.07, 6.45) is 0. The molecular formula is C4H14N4Na2O3P+. The first-order chi connectivity index (χ1) is 5.65. The summed E-state index contributed by atoms with van der Waals surface area (Å²) in [7, 11) is -3.37. The Morgan fingerprint density at radius 3 is 1.86 bits per heavy atom. The van der Waals surface area contributed by atoms with E-state index in [0.717, 1.165) is 19.6 Å². The second-order valence-corrected chi connectivity index (χ2v) is 2.16. The zero-order valence-corrected chi connectivity index (χ0v) is 13.5. The van der Waals surface area contributed by atoms with Crippen LogP contribution in [0.15, 0.2) is 0 Å². The molecule has 0 radical (unpaired) electrons. The molecule has 0 saturated heterocycles. The van der Waals surface area contributed by atoms with Crippen LogP contribution in [-0.4, -0.2) is 26.2 Å². The van der Waals surface area contributed by atoms with Crippen molar-refractivity contribution in [3.63, 3.8) is 0 Å². The molecule has 0 aliphatic rings. The minimum Gasteiger partial charge on any atom is -0.598 e. The third-order valence-corrected chi connectivity index (χ3v) is 0.767. The van der Waals surface area contributed by atoms with Gasteiger partial charge in [-0.1, -0.05) is 4.57 Å². The number of hydrogen-bond donors (Lipinski definition) is 4. The summed E-state index contributed by atoms with van der Waals surface area (Å²) in [6.45, 7) is 3.22. The van der Waals surface area contributed by atoms with Crippen LogP contribution < -0.4 is 91.2 Å². The van der Waals surface area contributed by atoms with Crippen molar-refractivity contribution in [1.82, 2.24) is 10.7 Å². The number of hydrogen-bond acceptors (Lipinski definition) is 7. The largest absolute Gasteiger partial charge is 1.00 e. The van der Waals surface area contributed by atoms with Gasteiger partial charge < -0.3 is 20.8 Å². The monoisotopic (exact) mass is 243 g/mol. The van der Waals surface area contributed by atoms with E-state index in [1.54, 1.807) is 0 Å². The van der Waals surface area contributed by atoms with Gasteiger partial charge in [0.1, 0.15) is 0 Å². The van der Waals surface area contributed by atoms with Crippen LogP contribution in [0.4, 0.5) is 0 Å². The number of nitrogens with one attached hydrogen (secondary N) is 2. The van der Waals surface area contributed by atoms with E-state index >= 15 is 0 Å². The summed E-state index contributed by atoms with van der Waals surface area (Å²) in [5.41, 5.74) is 7.72. The molecule has 6 N–H and O–H groups in total. The Kier molecular flexibility index (Phi) is 43.0. The SMILES string of the molecule is NCCNCCNN.O=[P+]([O-])[O-].[Na+].[Na+]. The number of hydrazine groups is 1. The van der Waals surface area contributed by atoms with Crippen molar-refractivity contribution in [3.05, 3.63) is 0 Å². The quantitative estimate of drug-likeness (QED) is 0.123. The van der Waals surface area contributed by atoms with Crippen LogP contribution >= 0.6 is 8.25 Å². The molecule has 0 rings (SSSR count). The van der Waals surface area contributed by atoms with Crippen molar-refractivity contribution in [3.8, 4) is 0 Å². The Bertz CT molecular complexity index is 103. The minimum absolute atomic E-state index is 0. The van der Waals surface area contributed by atoms with E-state index in [1.165, 1.54) is 0 Å². The van der Waals surface area contributed by atoms with Gasteiger partial charge in [0, 0.05) is 26.2 Å². The van der Waals surface area contributed by atoms with E-state index in [9.17, 15) is 0 Å². The predicted octanol–water partition coefficient (Wildman–Crippen LogP) is -9.63. The van der Waals surface area contributed by atoms with E-state index in [-0.39, 0.29) is 59.1 Å². The van der Waals surface area contributed by atoms with Gasteiger partial charge in [0.25, 0.3) is 8.25 Å². The second-order valence-electron chi connectivity index (χ2n) is 1.72. The molecule has 0 bridgehead atoms. The summed E-state index contributed by atoms with van der Waals surface area (Å²) in [5.74, 6) is 4.99. The molecule has 0 aliphatic heterocycles. The smallest absolute Gasteiger partial charge is 0.598 e. The molecule has 0 aromatic rings. The van der Waals surface area contributed by atoms with Crippen molar-refractivity contribution in [2.24, 2.45) is 11.6 Å². The van der Waals surface area contributed by atoms with Crippen LogP contribution in [0.3, 0.4) is 0 Å². The molecular weight excluding hydrogens is 229 g/mol. The zero-order valence-electron chi connectivity index (χ0n) is 8.66. The fraction of sp³-hybridized carbons (Fsp3) is 1.00. The van der Waals surface area contributed by atoms with Crippen LogP contribution in [0.25, 0.3) is 0 Å². The van der Waals surface area contributed by atoms with Crippen molar-refractivity contribution in [2.45, 2.75) is 0 Å². The fourth-order valence-corrected chi connectivity index (χ4v) is 0.388. The van der Waals surface area contributed by atoms with Crippen LogP contribution in [0.1, 0.15) is 0 Å². The molecule has 0 aromatic heterocycles. The summed E-state index contributed by atoms with van der Waals surface area (Å²) >= 11 is 0. The maximum Gasteiger partial charge on any atom is 1.00 e. The maximum atomic E-state index is 8.48. The van der Waals surface area contributed by atoms with Gasteiger partial charge in [-0.3, -0.25) is 11.3 Å². The zero-order chi connectivity index (χ0) is 9.82. The van der Waals surface area contributed by atoms with Crippen molar-refractivity contribution in [1.29, 1.82) is 0 Å². The van der Waals surface area contributed by atoms with Crippen LogP contribution in [0, 0.1) is 0 Å². The molecule has 0 aliphatic carbocycles. The predicted molar refractivity (Wildman–Crippen MR) is 41.7 cm³/mol. The molecule has 0 unspecified atom stereocenters. The average molecular weight is 243 g/mol. The van der Waals surface area contributed by atoms with E-state index < -0.39 is 8.25 Å². The van der Waals surface area contributed by atoms with E-state index in [4.69, 9.17) is 25.9 Å². The topological polar surface area (TPSA) is 139 Å². The van der Waals surface area contributed by atoms with Crippen molar-refractivity contribution < 1.29 is 73.5 Å². The van der Waals surface area contributed by atoms with Crippen LogP contribution in [-0.2, 0) is 4.57 Å². The molecule has 10 heteroatoms. The van der Waals surface area contributed by atoms with E-state index in [0.29, 0.717) is 6.54 Å². The standard InChI is InChI=1S/C4H14N4.2Na.HO3P/c5-1-2-7-3-4-8-6;;;1-4(2)3/h7-8H,1-6H2;;;(H,1,2,3)/q;2*+1;/p-1. The Hall–Kier alpha value is 1.86. The maximum absolute atomic E-state index is 8.48. The average Bonchev–Trinajstić information content (AvgIpc) is 1.97. The first-order valence-electron chi connectivity index (χ1n) is 3.31. The number of nitrogens with two attached hydrogens (primary N) is 2. The van der Waals surface area contributed by atoms with Gasteiger partial charge in [-0.25, -0.2) is 0 Å². The van der Waals surface area contributed by atoms with Gasteiger partial charge in [-0.2, -0.15) is 0 Å². The normalized spacial score (nSPS) is 7.43. The van der Waals surface area contributed by atoms with Gasteiger partial charge in [-0.05, 0) is 0 Å². The summed E-state index contributed by atoms with van der Waals surface area (Å²) in [4.78, 5) is 17.0. The molecule has 0 aromatic carbocycles. The Labute approximate surface area is 129 Å². The third kappa shape index (κ3) is 48.7. The summed E-state index contributed by atoms with van der Waals surface area (Å²) in [6, 6.07) is 0. The minimum atomic E-state index is -3.37. The van der Waals surface area contributed by atoms with Gasteiger partial charge in [-0.15, -0.1) is 0 Å². The van der Waals surface area contributed by atoms with Crippen molar-refractivity contribution in [2.75, 3.05) is 26.2 Å². The van der Waals surface area contributed by atoms with Gasteiger partial charge in [0.2, 0.25) is 0 Å². The van der Waals surface area contributed by atoms with Crippen LogP contribution in [0.5, 0.6) is 0 Å². The molecule has 0 spiro atoms. The van der Waals surface area contributed by atoms with Gasteiger partial charge in [0.05, 0.1) is 0 Å². The molecule has 7 nitrogen and oxygen atoms in total. The first-order valence-corrected chi connectivity index (χ1v) is 4.40. The van der Waals surface area contributed by atoms with Crippen LogP contribution in [0.2, 0.25) is 0 Å².